The minimum absolute atomic E-state index is 0.378. The molecule has 5 heteroatoms. The third-order valence-corrected chi connectivity index (χ3v) is 5.36. The Balaban J connectivity index is 1.95. The Bertz CT molecular complexity index is 1150. The van der Waals surface area contributed by atoms with Gasteiger partial charge in [0.2, 0.25) is 5.91 Å². The summed E-state index contributed by atoms with van der Waals surface area (Å²) in [6, 6.07) is 10.7. The summed E-state index contributed by atoms with van der Waals surface area (Å²) in [6.07, 6.45) is 1.80. The lowest BCUT2D eigenvalue weighted by molar-refractivity contribution is -0.137. The van der Waals surface area contributed by atoms with Gasteiger partial charge in [-0.25, -0.2) is 0 Å². The smallest absolute Gasteiger partial charge is 0.322 e. The number of H-pyrrole nitrogens is 1. The maximum Gasteiger partial charge on any atom is 0.322 e. The average molecular weight is 390 g/mol. The van der Waals surface area contributed by atoms with E-state index in [0.717, 1.165) is 33.3 Å². The summed E-state index contributed by atoms with van der Waals surface area (Å²) in [5.41, 5.74) is 9.49. The van der Waals surface area contributed by atoms with Crippen molar-refractivity contribution in [3.8, 4) is 11.1 Å². The van der Waals surface area contributed by atoms with Crippen LogP contribution in [0.15, 0.2) is 35.9 Å². The van der Waals surface area contributed by atoms with E-state index >= 15 is 0 Å². The van der Waals surface area contributed by atoms with Crippen molar-refractivity contribution in [1.82, 2.24) is 10.3 Å². The maximum absolute atomic E-state index is 12.0. The number of aryl methyl sites for hydroxylation is 4. The van der Waals surface area contributed by atoms with Crippen LogP contribution < -0.4 is 5.32 Å². The highest BCUT2D eigenvalue weighted by atomic mass is 16.4. The normalized spacial score (nSPS) is 11.7. The van der Waals surface area contributed by atoms with Crippen molar-refractivity contribution < 1.29 is 14.7 Å². The Hall–Kier alpha value is -3.34. The highest BCUT2D eigenvalue weighted by Crippen LogP contribution is 2.31. The lowest BCUT2D eigenvalue weighted by Crippen LogP contribution is -2.29. The molecule has 150 valence electrons. The average Bonchev–Trinajstić information content (AvgIpc) is 2.95. The van der Waals surface area contributed by atoms with Gasteiger partial charge in [0, 0.05) is 22.2 Å². The molecule has 0 aliphatic carbocycles. The number of benzene rings is 2. The van der Waals surface area contributed by atoms with Crippen LogP contribution in [0.25, 0.3) is 28.1 Å². The van der Waals surface area contributed by atoms with Crippen molar-refractivity contribution in [2.24, 2.45) is 0 Å². The first kappa shape index (κ1) is 20.4. The number of aromatic nitrogens is 1. The van der Waals surface area contributed by atoms with Crippen LogP contribution in [0, 0.1) is 27.7 Å². The van der Waals surface area contributed by atoms with Gasteiger partial charge in [0.05, 0.1) is 0 Å². The molecule has 0 saturated heterocycles. The number of carbonyl (C=O) groups is 2. The third kappa shape index (κ3) is 4.24. The second-order valence-corrected chi connectivity index (χ2v) is 7.56. The van der Waals surface area contributed by atoms with Crippen LogP contribution in [0.5, 0.6) is 0 Å². The van der Waals surface area contributed by atoms with Crippen molar-refractivity contribution in [3.05, 3.63) is 63.9 Å². The zero-order valence-electron chi connectivity index (χ0n) is 17.4. The number of hydrogen-bond donors (Lipinski definition) is 3. The topological polar surface area (TPSA) is 82.2 Å². The van der Waals surface area contributed by atoms with Crippen molar-refractivity contribution in [3.63, 3.8) is 0 Å². The number of carboxylic acids is 1. The lowest BCUT2D eigenvalue weighted by atomic mass is 9.93. The highest BCUT2D eigenvalue weighted by molar-refractivity contribution is 5.98. The van der Waals surface area contributed by atoms with Gasteiger partial charge in [-0.1, -0.05) is 18.2 Å². The van der Waals surface area contributed by atoms with Crippen molar-refractivity contribution in [2.45, 2.75) is 34.6 Å². The van der Waals surface area contributed by atoms with E-state index in [-0.39, 0.29) is 12.5 Å². The van der Waals surface area contributed by atoms with Crippen LogP contribution in [0.3, 0.4) is 0 Å². The van der Waals surface area contributed by atoms with E-state index in [9.17, 15) is 9.59 Å². The molecule has 0 spiro atoms. The zero-order chi connectivity index (χ0) is 21.3. The van der Waals surface area contributed by atoms with Gasteiger partial charge in [-0.05, 0) is 86.2 Å². The molecule has 1 aromatic heterocycles. The molecule has 0 radical (unpaired) electrons. The number of amides is 1. The molecule has 3 aromatic rings. The van der Waals surface area contributed by atoms with Crippen LogP contribution >= 0.6 is 0 Å². The fourth-order valence-corrected chi connectivity index (χ4v) is 3.53. The van der Waals surface area contributed by atoms with Crippen LogP contribution in [0.1, 0.15) is 34.9 Å². The van der Waals surface area contributed by atoms with E-state index in [1.165, 1.54) is 16.6 Å². The minimum Gasteiger partial charge on any atom is -0.480 e. The Morgan fingerprint density at radius 3 is 2.48 bits per heavy atom. The van der Waals surface area contributed by atoms with Gasteiger partial charge in [-0.15, -0.1) is 0 Å². The minimum atomic E-state index is -1.06. The number of aliphatic carboxylic acids is 1. The number of nitrogens with one attached hydrogen (secondary N) is 2. The number of carboxylic acid groups (broad SMARTS) is 1. The maximum atomic E-state index is 12.0. The van der Waals surface area contributed by atoms with Crippen LogP contribution in [0.2, 0.25) is 0 Å². The summed E-state index contributed by atoms with van der Waals surface area (Å²) in [4.78, 5) is 26.1. The van der Waals surface area contributed by atoms with Crippen molar-refractivity contribution in [1.29, 1.82) is 0 Å². The van der Waals surface area contributed by atoms with E-state index in [1.54, 1.807) is 13.0 Å². The predicted octanol–water partition coefficient (Wildman–Crippen LogP) is 4.67. The van der Waals surface area contributed by atoms with E-state index in [0.29, 0.717) is 5.57 Å². The molecular formula is C24H26N2O3. The molecule has 0 unspecified atom stereocenters. The Morgan fingerprint density at radius 1 is 1.07 bits per heavy atom. The van der Waals surface area contributed by atoms with Crippen LogP contribution in [-0.4, -0.2) is 28.5 Å². The molecule has 0 saturated carbocycles. The van der Waals surface area contributed by atoms with Gasteiger partial charge in [0.15, 0.2) is 0 Å². The summed E-state index contributed by atoms with van der Waals surface area (Å²) in [5, 5.41) is 12.3. The highest BCUT2D eigenvalue weighted by Gasteiger charge is 2.11. The molecular weight excluding hydrogens is 364 g/mol. The largest absolute Gasteiger partial charge is 0.480 e. The quantitative estimate of drug-likeness (QED) is 0.554. The zero-order valence-corrected chi connectivity index (χ0v) is 17.4. The van der Waals surface area contributed by atoms with Gasteiger partial charge in [-0.2, -0.15) is 0 Å². The molecule has 3 N–H and O–H groups in total. The molecule has 0 bridgehead atoms. The summed E-state index contributed by atoms with van der Waals surface area (Å²) in [7, 11) is 0. The van der Waals surface area contributed by atoms with Crippen molar-refractivity contribution in [2.75, 3.05) is 6.54 Å². The number of fused-ring (bicyclic) bond motifs is 1. The fraction of sp³-hybridized carbons (Fsp3) is 0.250. The number of aromatic amines is 1. The van der Waals surface area contributed by atoms with Gasteiger partial charge in [0.25, 0.3) is 0 Å². The van der Waals surface area contributed by atoms with E-state index < -0.39 is 5.97 Å². The molecule has 5 nitrogen and oxygen atoms in total. The van der Waals surface area contributed by atoms with E-state index in [4.69, 9.17) is 5.11 Å². The van der Waals surface area contributed by atoms with Gasteiger partial charge in [-0.3, -0.25) is 9.59 Å². The molecule has 0 aliphatic rings. The van der Waals surface area contributed by atoms with E-state index in [1.807, 2.05) is 6.92 Å². The molecule has 3 rings (SSSR count). The predicted molar refractivity (Wildman–Crippen MR) is 117 cm³/mol. The molecule has 1 amide bonds. The first-order valence-corrected chi connectivity index (χ1v) is 9.56. The Kier molecular flexibility index (Phi) is 5.59. The second-order valence-electron chi connectivity index (χ2n) is 7.56. The molecule has 2 aromatic carbocycles. The third-order valence-electron chi connectivity index (χ3n) is 5.36. The first-order chi connectivity index (χ1) is 13.7. The van der Waals surface area contributed by atoms with E-state index in [2.05, 4.69) is 61.4 Å². The lowest BCUT2D eigenvalue weighted by Gasteiger charge is -2.12. The van der Waals surface area contributed by atoms with Gasteiger partial charge >= 0.3 is 5.97 Å². The summed E-state index contributed by atoms with van der Waals surface area (Å²) < 4.78 is 0. The number of carbonyl (C=O) groups excluding carboxylic acids is 1. The fourth-order valence-electron chi connectivity index (χ4n) is 3.53. The Morgan fingerprint density at radius 2 is 1.79 bits per heavy atom. The number of hydrogen-bond acceptors (Lipinski definition) is 2. The Labute approximate surface area is 170 Å². The van der Waals surface area contributed by atoms with Crippen LogP contribution in [-0.2, 0) is 9.59 Å². The SMILES string of the molecule is C/C(=C\c1cc(C)c(-c2ccc3[nH]c(C)c(C)c3c2)cc1C)C(=O)NCC(=O)O. The monoisotopic (exact) mass is 390 g/mol. The summed E-state index contributed by atoms with van der Waals surface area (Å²) in [6.45, 7) is 9.59. The van der Waals surface area contributed by atoms with Gasteiger partial charge in [0.1, 0.15) is 6.54 Å². The number of rotatable bonds is 5. The molecule has 0 atom stereocenters. The van der Waals surface area contributed by atoms with Crippen molar-refractivity contribution >= 4 is 28.9 Å². The standard InChI is InChI=1S/C24H26N2O3/c1-13-10-20(18-6-7-22-21(11-18)16(4)17(5)26-22)14(2)8-19(13)9-15(3)24(29)25-12-23(27)28/h6-11,26H,12H2,1-5H3,(H,25,29)(H,27,28)/b15-9+. The van der Waals surface area contributed by atoms with Gasteiger partial charge < -0.3 is 15.4 Å². The summed E-state index contributed by atoms with van der Waals surface area (Å²) >= 11 is 0. The molecule has 0 fully saturated rings. The summed E-state index contributed by atoms with van der Waals surface area (Å²) in [5.74, 6) is -1.44. The van der Waals surface area contributed by atoms with Crippen LogP contribution in [0.4, 0.5) is 0 Å². The first-order valence-electron chi connectivity index (χ1n) is 9.56. The molecule has 1 heterocycles. The molecule has 0 aliphatic heterocycles. The second kappa shape index (κ2) is 7.95. The molecule has 29 heavy (non-hydrogen) atoms.